The number of hydrogen-bond donors (Lipinski definition) is 2. The molecule has 1 heterocycles. The Bertz CT molecular complexity index is 875. The van der Waals surface area contributed by atoms with Crippen LogP contribution in [0.15, 0.2) is 35.7 Å². The molecule has 1 aliphatic heterocycles. The molecule has 140 valence electrons. The highest BCUT2D eigenvalue weighted by Crippen LogP contribution is 2.32. The Hall–Kier alpha value is -2.68. The number of nitrogens with one attached hydrogen (secondary N) is 1. The van der Waals surface area contributed by atoms with E-state index < -0.39 is 39.9 Å². The third kappa shape index (κ3) is 3.48. The van der Waals surface area contributed by atoms with Crippen molar-refractivity contribution in [2.75, 3.05) is 0 Å². The molecule has 9 heteroatoms. The second-order valence-electron chi connectivity index (χ2n) is 6.14. The van der Waals surface area contributed by atoms with Gasteiger partial charge < -0.3 is 10.4 Å². The first-order valence-corrected chi connectivity index (χ1v) is 9.42. The van der Waals surface area contributed by atoms with Crippen LogP contribution in [-0.4, -0.2) is 47.7 Å². The Labute approximate surface area is 151 Å². The van der Waals surface area contributed by atoms with Crippen molar-refractivity contribution < 1.29 is 27.9 Å². The standard InChI is InChI=1S/C17H20N2O6S/c1-4-5-6-13(17(22)23)18-15(20)11-7-8-12-14(9-11)26(24,25)19(10(2)3)16(12)21/h4,7-10,13H,1,5-6H2,2-3H3,(H,18,20)(H,22,23). The highest BCUT2D eigenvalue weighted by Gasteiger charge is 2.43. The third-order valence-electron chi connectivity index (χ3n) is 3.94. The summed E-state index contributed by atoms with van der Waals surface area (Å²) in [5.41, 5.74) is -0.0349. The number of carboxylic acid groups (broad SMARTS) is 1. The maximum Gasteiger partial charge on any atom is 0.326 e. The first kappa shape index (κ1) is 19.6. The molecule has 26 heavy (non-hydrogen) atoms. The number of allylic oxidation sites excluding steroid dienone is 1. The van der Waals surface area contributed by atoms with Gasteiger partial charge in [0, 0.05) is 11.6 Å². The second kappa shape index (κ2) is 7.28. The zero-order valence-electron chi connectivity index (χ0n) is 14.4. The van der Waals surface area contributed by atoms with Crippen molar-refractivity contribution in [3.8, 4) is 0 Å². The van der Waals surface area contributed by atoms with Gasteiger partial charge in [-0.2, -0.15) is 0 Å². The molecule has 1 aliphatic rings. The van der Waals surface area contributed by atoms with Crippen LogP contribution in [0.1, 0.15) is 47.4 Å². The largest absolute Gasteiger partial charge is 0.480 e. The van der Waals surface area contributed by atoms with E-state index in [0.29, 0.717) is 6.42 Å². The number of nitrogens with zero attached hydrogens (tertiary/aromatic N) is 1. The fourth-order valence-corrected chi connectivity index (χ4v) is 4.48. The van der Waals surface area contributed by atoms with E-state index in [-0.39, 0.29) is 22.4 Å². The summed E-state index contributed by atoms with van der Waals surface area (Å²) in [6.45, 7) is 6.65. The number of aliphatic carboxylic acids is 1. The molecular weight excluding hydrogens is 360 g/mol. The van der Waals surface area contributed by atoms with Crippen LogP contribution in [0, 0.1) is 0 Å². The van der Waals surface area contributed by atoms with E-state index in [1.165, 1.54) is 18.2 Å². The lowest BCUT2D eigenvalue weighted by Crippen LogP contribution is -2.40. The molecule has 2 amide bonds. The van der Waals surface area contributed by atoms with Gasteiger partial charge >= 0.3 is 5.97 Å². The van der Waals surface area contributed by atoms with Gasteiger partial charge in [-0.05, 0) is 44.9 Å². The number of fused-ring (bicyclic) bond motifs is 1. The quantitative estimate of drug-likeness (QED) is 0.690. The Kier molecular flexibility index (Phi) is 5.50. The minimum absolute atomic E-state index is 0.00306. The topological polar surface area (TPSA) is 121 Å². The average molecular weight is 380 g/mol. The number of rotatable bonds is 7. The number of benzene rings is 1. The van der Waals surface area contributed by atoms with Crippen LogP contribution in [0.5, 0.6) is 0 Å². The minimum Gasteiger partial charge on any atom is -0.480 e. The van der Waals surface area contributed by atoms with Gasteiger partial charge in [-0.1, -0.05) is 6.08 Å². The first-order valence-electron chi connectivity index (χ1n) is 7.98. The monoisotopic (exact) mass is 380 g/mol. The zero-order chi connectivity index (χ0) is 19.6. The average Bonchev–Trinajstić information content (AvgIpc) is 2.76. The lowest BCUT2D eigenvalue weighted by atomic mass is 10.1. The van der Waals surface area contributed by atoms with E-state index in [1.54, 1.807) is 13.8 Å². The van der Waals surface area contributed by atoms with E-state index in [9.17, 15) is 22.8 Å². The number of carbonyl (C=O) groups excluding carboxylic acids is 2. The molecule has 0 bridgehead atoms. The molecule has 0 radical (unpaired) electrons. The second-order valence-corrected chi connectivity index (χ2v) is 7.92. The van der Waals surface area contributed by atoms with Gasteiger partial charge in [0.05, 0.1) is 5.56 Å². The maximum atomic E-state index is 12.6. The molecule has 1 aromatic carbocycles. The normalized spacial score (nSPS) is 16.3. The molecule has 0 saturated carbocycles. The van der Waals surface area contributed by atoms with E-state index >= 15 is 0 Å². The van der Waals surface area contributed by atoms with E-state index in [1.807, 2.05) is 0 Å². The molecule has 0 fully saturated rings. The molecule has 1 aromatic rings. The van der Waals surface area contributed by atoms with Gasteiger partial charge in [-0.3, -0.25) is 9.59 Å². The highest BCUT2D eigenvalue weighted by molar-refractivity contribution is 7.90. The van der Waals surface area contributed by atoms with Crippen LogP contribution < -0.4 is 5.32 Å². The molecule has 2 rings (SSSR count). The minimum atomic E-state index is -4.04. The van der Waals surface area contributed by atoms with Crippen molar-refractivity contribution in [3.63, 3.8) is 0 Å². The van der Waals surface area contributed by atoms with Crippen LogP contribution in [0.25, 0.3) is 0 Å². The van der Waals surface area contributed by atoms with Crippen molar-refractivity contribution in [2.45, 2.75) is 43.7 Å². The van der Waals surface area contributed by atoms with Crippen LogP contribution in [0.2, 0.25) is 0 Å². The Morgan fingerprint density at radius 3 is 2.54 bits per heavy atom. The third-order valence-corrected chi connectivity index (χ3v) is 5.94. The van der Waals surface area contributed by atoms with Gasteiger partial charge in [-0.25, -0.2) is 17.5 Å². The molecule has 1 atom stereocenters. The molecular formula is C17H20N2O6S. The highest BCUT2D eigenvalue weighted by atomic mass is 32.2. The van der Waals surface area contributed by atoms with Crippen LogP contribution >= 0.6 is 0 Å². The first-order chi connectivity index (χ1) is 12.1. The van der Waals surface area contributed by atoms with Crippen molar-refractivity contribution in [1.29, 1.82) is 0 Å². The van der Waals surface area contributed by atoms with E-state index in [4.69, 9.17) is 5.11 Å². The fourth-order valence-electron chi connectivity index (χ4n) is 2.68. The van der Waals surface area contributed by atoms with Gasteiger partial charge in [0.25, 0.3) is 21.8 Å². The SMILES string of the molecule is C=CCCC(NC(=O)c1ccc2c(c1)S(=O)(=O)N(C(C)C)C2=O)C(=O)O. The molecule has 0 aromatic heterocycles. The molecule has 2 N–H and O–H groups in total. The number of hydrogen-bond acceptors (Lipinski definition) is 5. The Morgan fingerprint density at radius 2 is 2.00 bits per heavy atom. The molecule has 0 spiro atoms. The van der Waals surface area contributed by atoms with Crippen LogP contribution in [0.4, 0.5) is 0 Å². The lowest BCUT2D eigenvalue weighted by molar-refractivity contribution is -0.139. The number of sulfonamides is 1. The van der Waals surface area contributed by atoms with Crippen molar-refractivity contribution in [2.24, 2.45) is 0 Å². The summed E-state index contributed by atoms with van der Waals surface area (Å²) in [6.07, 6.45) is 2.09. The summed E-state index contributed by atoms with van der Waals surface area (Å²) in [4.78, 5) is 35.6. The predicted molar refractivity (Wildman–Crippen MR) is 93.3 cm³/mol. The zero-order valence-corrected chi connectivity index (χ0v) is 15.2. The summed E-state index contributed by atoms with van der Waals surface area (Å²) in [6, 6.07) is 1.99. The Balaban J connectivity index is 2.34. The number of amides is 2. The smallest absolute Gasteiger partial charge is 0.326 e. The summed E-state index contributed by atoms with van der Waals surface area (Å²) < 4.78 is 25.9. The molecule has 8 nitrogen and oxygen atoms in total. The van der Waals surface area contributed by atoms with Gasteiger partial charge in [0.1, 0.15) is 10.9 Å². The van der Waals surface area contributed by atoms with E-state index in [2.05, 4.69) is 11.9 Å². The molecule has 0 saturated heterocycles. The molecule has 1 unspecified atom stereocenters. The maximum absolute atomic E-state index is 12.6. The van der Waals surface area contributed by atoms with Gasteiger partial charge in [0.15, 0.2) is 0 Å². The summed E-state index contributed by atoms with van der Waals surface area (Å²) in [5.74, 6) is -2.57. The van der Waals surface area contributed by atoms with Crippen molar-refractivity contribution in [1.82, 2.24) is 9.62 Å². The number of carbonyl (C=O) groups is 3. The van der Waals surface area contributed by atoms with Gasteiger partial charge in [-0.15, -0.1) is 6.58 Å². The number of carboxylic acids is 1. The molecule has 0 aliphatic carbocycles. The summed E-state index contributed by atoms with van der Waals surface area (Å²) in [5, 5.41) is 11.5. The van der Waals surface area contributed by atoms with Crippen LogP contribution in [0.3, 0.4) is 0 Å². The Morgan fingerprint density at radius 1 is 1.35 bits per heavy atom. The predicted octanol–water partition coefficient (Wildman–Crippen LogP) is 1.39. The van der Waals surface area contributed by atoms with Gasteiger partial charge in [0.2, 0.25) is 0 Å². The fraction of sp³-hybridized carbons (Fsp3) is 0.353. The summed E-state index contributed by atoms with van der Waals surface area (Å²) >= 11 is 0. The summed E-state index contributed by atoms with van der Waals surface area (Å²) in [7, 11) is -4.04. The van der Waals surface area contributed by atoms with Crippen molar-refractivity contribution >= 4 is 27.8 Å². The van der Waals surface area contributed by atoms with E-state index in [0.717, 1.165) is 10.4 Å². The van der Waals surface area contributed by atoms with Crippen molar-refractivity contribution in [3.05, 3.63) is 42.0 Å². The van der Waals surface area contributed by atoms with Crippen LogP contribution in [-0.2, 0) is 14.8 Å². The lowest BCUT2D eigenvalue weighted by Gasteiger charge is -2.18.